The summed E-state index contributed by atoms with van der Waals surface area (Å²) >= 11 is 0. The van der Waals surface area contributed by atoms with Gasteiger partial charge in [-0.1, -0.05) is 159 Å². The highest BCUT2D eigenvalue weighted by Crippen LogP contribution is 2.49. The first kappa shape index (κ1) is 32.7. The number of hydrogen-bond acceptors (Lipinski definition) is 5. The fraction of sp³-hybridized carbons (Fsp3) is 0.0566. The molecule has 0 bridgehead atoms. The molecule has 9 aromatic carbocycles. The monoisotopic (exact) mass is 742 g/mol. The molecule has 2 heterocycles. The topological polar surface area (TPSA) is 64.7 Å². The van der Waals surface area contributed by atoms with Gasteiger partial charge in [-0.3, -0.25) is 0 Å². The lowest BCUT2D eigenvalue weighted by Crippen LogP contribution is -2.14. The van der Waals surface area contributed by atoms with Gasteiger partial charge in [0, 0.05) is 38.4 Å². The SMILES string of the molecule is CC1(C)c2ccccc2-c2cc(-c3nc(-c4cccc5ccccc45)nc(-c4cccc5c4ccc4ccc6ccc7nc(-c8ccccc8)oc7c6c45)n3)ccc21. The van der Waals surface area contributed by atoms with Crippen LogP contribution in [-0.2, 0) is 5.41 Å². The van der Waals surface area contributed by atoms with E-state index in [0.29, 0.717) is 23.4 Å². The van der Waals surface area contributed by atoms with E-state index in [4.69, 9.17) is 24.4 Å². The summed E-state index contributed by atoms with van der Waals surface area (Å²) in [6, 6.07) is 59.7. The van der Waals surface area contributed by atoms with E-state index in [0.717, 1.165) is 76.4 Å². The lowest BCUT2D eigenvalue weighted by atomic mass is 9.82. The highest BCUT2D eigenvalue weighted by molar-refractivity contribution is 6.27. The fourth-order valence-electron chi connectivity index (χ4n) is 9.30. The van der Waals surface area contributed by atoms with Gasteiger partial charge in [-0.25, -0.2) is 19.9 Å². The molecule has 0 saturated heterocycles. The van der Waals surface area contributed by atoms with Crippen molar-refractivity contribution in [2.24, 2.45) is 0 Å². The summed E-state index contributed by atoms with van der Waals surface area (Å²) in [4.78, 5) is 20.8. The third-order valence-electron chi connectivity index (χ3n) is 12.1. The zero-order chi connectivity index (χ0) is 38.5. The Morgan fingerprint density at radius 1 is 0.397 bits per heavy atom. The van der Waals surface area contributed by atoms with Gasteiger partial charge in [0.15, 0.2) is 23.1 Å². The van der Waals surface area contributed by atoms with Gasteiger partial charge >= 0.3 is 0 Å². The van der Waals surface area contributed by atoms with E-state index >= 15 is 0 Å². The van der Waals surface area contributed by atoms with Crippen LogP contribution in [0.2, 0.25) is 0 Å². The van der Waals surface area contributed by atoms with Crippen LogP contribution in [0.3, 0.4) is 0 Å². The van der Waals surface area contributed by atoms with Gasteiger partial charge in [0.2, 0.25) is 5.89 Å². The Morgan fingerprint density at radius 3 is 1.88 bits per heavy atom. The minimum absolute atomic E-state index is 0.0981. The molecule has 1 aliphatic carbocycles. The first-order chi connectivity index (χ1) is 28.5. The van der Waals surface area contributed by atoms with Crippen molar-refractivity contribution in [3.8, 4) is 56.7 Å². The predicted octanol–water partition coefficient (Wildman–Crippen LogP) is 13.6. The molecule has 0 fully saturated rings. The summed E-state index contributed by atoms with van der Waals surface area (Å²) in [5.74, 6) is 2.50. The first-order valence-electron chi connectivity index (χ1n) is 19.7. The van der Waals surface area contributed by atoms with Crippen LogP contribution in [0.15, 0.2) is 174 Å². The van der Waals surface area contributed by atoms with Gasteiger partial charge in [-0.2, -0.15) is 0 Å². The molecule has 12 rings (SSSR count). The molecule has 11 aromatic rings. The Labute approximate surface area is 334 Å². The minimum atomic E-state index is -0.0981. The molecule has 2 aromatic heterocycles. The maximum absolute atomic E-state index is 6.63. The van der Waals surface area contributed by atoms with Crippen molar-refractivity contribution in [2.75, 3.05) is 0 Å². The number of fused-ring (bicyclic) bond motifs is 11. The van der Waals surface area contributed by atoms with Gasteiger partial charge in [0.05, 0.1) is 0 Å². The van der Waals surface area contributed by atoms with Gasteiger partial charge in [0.1, 0.15) is 5.52 Å². The Bertz CT molecular complexity index is 3490. The van der Waals surface area contributed by atoms with E-state index in [1.807, 2.05) is 30.3 Å². The van der Waals surface area contributed by atoms with E-state index in [1.54, 1.807) is 0 Å². The number of benzene rings is 9. The number of oxazole rings is 1. The zero-order valence-corrected chi connectivity index (χ0v) is 31.9. The van der Waals surface area contributed by atoms with Crippen LogP contribution < -0.4 is 0 Å². The van der Waals surface area contributed by atoms with Crippen LogP contribution >= 0.6 is 0 Å². The fourth-order valence-corrected chi connectivity index (χ4v) is 9.30. The highest BCUT2D eigenvalue weighted by Gasteiger charge is 2.35. The Hall–Kier alpha value is -7.50. The molecule has 0 spiro atoms. The predicted molar refractivity (Wildman–Crippen MR) is 237 cm³/mol. The molecule has 0 radical (unpaired) electrons. The van der Waals surface area contributed by atoms with Crippen LogP contribution in [0.5, 0.6) is 0 Å². The van der Waals surface area contributed by atoms with Crippen molar-refractivity contribution < 1.29 is 4.42 Å². The van der Waals surface area contributed by atoms with E-state index in [1.165, 1.54) is 22.3 Å². The molecule has 5 nitrogen and oxygen atoms in total. The van der Waals surface area contributed by atoms with E-state index in [-0.39, 0.29) is 5.41 Å². The summed E-state index contributed by atoms with van der Waals surface area (Å²) in [5.41, 5.74) is 10.4. The van der Waals surface area contributed by atoms with Crippen LogP contribution in [0.25, 0.3) is 111 Å². The van der Waals surface area contributed by atoms with E-state index in [9.17, 15) is 0 Å². The molecular formula is C53H34N4O. The Kier molecular flexibility index (Phi) is 6.91. The molecule has 0 N–H and O–H groups in total. The smallest absolute Gasteiger partial charge is 0.227 e. The maximum Gasteiger partial charge on any atom is 0.227 e. The quantitative estimate of drug-likeness (QED) is 0.168. The molecule has 0 aliphatic heterocycles. The van der Waals surface area contributed by atoms with Crippen molar-refractivity contribution in [2.45, 2.75) is 19.3 Å². The largest absolute Gasteiger partial charge is 0.435 e. The molecule has 0 unspecified atom stereocenters. The van der Waals surface area contributed by atoms with E-state index < -0.39 is 0 Å². The highest BCUT2D eigenvalue weighted by atomic mass is 16.3. The number of nitrogens with zero attached hydrogens (tertiary/aromatic N) is 4. The number of rotatable bonds is 4. The summed E-state index contributed by atoms with van der Waals surface area (Å²) in [5, 5.41) is 8.75. The number of hydrogen-bond donors (Lipinski definition) is 0. The van der Waals surface area contributed by atoms with Crippen molar-refractivity contribution in [3.63, 3.8) is 0 Å². The average molecular weight is 743 g/mol. The average Bonchev–Trinajstić information content (AvgIpc) is 3.82. The maximum atomic E-state index is 6.63. The number of aromatic nitrogens is 4. The summed E-state index contributed by atoms with van der Waals surface area (Å²) < 4.78 is 6.63. The van der Waals surface area contributed by atoms with Crippen molar-refractivity contribution in [1.82, 2.24) is 19.9 Å². The van der Waals surface area contributed by atoms with Gasteiger partial charge in [-0.05, 0) is 78.8 Å². The van der Waals surface area contributed by atoms with Crippen molar-refractivity contribution in [1.29, 1.82) is 0 Å². The minimum Gasteiger partial charge on any atom is -0.435 e. The van der Waals surface area contributed by atoms with Crippen LogP contribution in [0.4, 0.5) is 0 Å². The molecule has 1 aliphatic rings. The first-order valence-corrected chi connectivity index (χ1v) is 19.7. The van der Waals surface area contributed by atoms with Gasteiger partial charge in [0.25, 0.3) is 0 Å². The Morgan fingerprint density at radius 2 is 1.02 bits per heavy atom. The third-order valence-corrected chi connectivity index (χ3v) is 12.1. The summed E-state index contributed by atoms with van der Waals surface area (Å²) in [6.07, 6.45) is 0. The van der Waals surface area contributed by atoms with Crippen LogP contribution in [-0.4, -0.2) is 19.9 Å². The molecule has 0 amide bonds. The molecule has 5 heteroatoms. The van der Waals surface area contributed by atoms with Crippen molar-refractivity contribution in [3.05, 3.63) is 181 Å². The molecular weight excluding hydrogens is 709 g/mol. The second-order valence-electron chi connectivity index (χ2n) is 15.8. The summed E-state index contributed by atoms with van der Waals surface area (Å²) in [6.45, 7) is 4.61. The van der Waals surface area contributed by atoms with Gasteiger partial charge < -0.3 is 4.42 Å². The molecule has 58 heavy (non-hydrogen) atoms. The van der Waals surface area contributed by atoms with Crippen molar-refractivity contribution >= 4 is 54.2 Å². The van der Waals surface area contributed by atoms with Crippen LogP contribution in [0.1, 0.15) is 25.0 Å². The van der Waals surface area contributed by atoms with E-state index in [2.05, 4.69) is 153 Å². The zero-order valence-electron chi connectivity index (χ0n) is 31.9. The standard InChI is InChI=1S/C53H34N4O/c1-53(2)43-21-9-8-17-38(43)42-30-35(25-28-44(42)53)49-55-50(40-19-10-15-31-12-6-7-16-36(31)40)57-51(56-49)41-20-11-18-39-37(41)27-24-32-22-23-33-26-29-45-48(47(33)46(32)39)58-52(54-45)34-13-4-3-5-14-34/h3-30H,1-2H3. The Balaban J connectivity index is 1.11. The lowest BCUT2D eigenvalue weighted by Gasteiger charge is -2.21. The van der Waals surface area contributed by atoms with Crippen LogP contribution in [0, 0.1) is 0 Å². The lowest BCUT2D eigenvalue weighted by molar-refractivity contribution is 0.623. The molecule has 0 atom stereocenters. The molecule has 0 saturated carbocycles. The second kappa shape index (κ2) is 12.2. The van der Waals surface area contributed by atoms with Gasteiger partial charge in [-0.15, -0.1) is 0 Å². The molecule has 272 valence electrons. The normalized spacial score (nSPS) is 13.1. The second-order valence-corrected chi connectivity index (χ2v) is 15.8. The summed E-state index contributed by atoms with van der Waals surface area (Å²) in [7, 11) is 0. The third kappa shape index (κ3) is 4.83.